The van der Waals surface area contributed by atoms with Crippen molar-refractivity contribution in [1.82, 2.24) is 0 Å². The normalized spacial score (nSPS) is 13.1. The van der Waals surface area contributed by atoms with Crippen LogP contribution < -0.4 is 5.73 Å². The fraction of sp³-hybridized carbons (Fsp3) is 0.417. The molecule has 1 aromatic rings. The molecule has 0 aliphatic rings. The van der Waals surface area contributed by atoms with Crippen LogP contribution in [0.25, 0.3) is 0 Å². The predicted molar refractivity (Wildman–Crippen MR) is 67.3 cm³/mol. The standard InChI is InChI=1S/C12H17NO4S/c1-3-10(13)8-12(14)17-18(15,16)11-6-4-9(2)5-7-11/h4-7,10H,3,8,13H2,1-2H3. The Morgan fingerprint density at radius 1 is 1.33 bits per heavy atom. The van der Waals surface area contributed by atoms with Crippen LogP contribution in [0.4, 0.5) is 0 Å². The smallest absolute Gasteiger partial charge is 0.341 e. The monoisotopic (exact) mass is 271 g/mol. The molecule has 0 aliphatic heterocycles. The summed E-state index contributed by atoms with van der Waals surface area (Å²) in [6, 6.07) is 5.69. The number of hydrogen-bond donors (Lipinski definition) is 1. The fourth-order valence-electron chi connectivity index (χ4n) is 1.27. The van der Waals surface area contributed by atoms with Crippen LogP contribution in [0.2, 0.25) is 0 Å². The minimum Gasteiger partial charge on any atom is -0.342 e. The van der Waals surface area contributed by atoms with E-state index in [0.717, 1.165) is 5.56 Å². The first-order chi connectivity index (χ1) is 8.35. The maximum atomic E-state index is 11.7. The predicted octanol–water partition coefficient (Wildman–Crippen LogP) is 1.35. The van der Waals surface area contributed by atoms with Gasteiger partial charge in [0.25, 0.3) is 0 Å². The number of aryl methyl sites for hydroxylation is 1. The minimum atomic E-state index is -4.04. The molecule has 0 fully saturated rings. The molecular formula is C12H17NO4S. The quantitative estimate of drug-likeness (QED) is 0.817. The summed E-state index contributed by atoms with van der Waals surface area (Å²) in [6.07, 6.45) is 0.473. The van der Waals surface area contributed by atoms with Crippen molar-refractivity contribution < 1.29 is 17.4 Å². The number of hydrogen-bond acceptors (Lipinski definition) is 5. The number of carbonyl (C=O) groups excluding carboxylic acids is 1. The summed E-state index contributed by atoms with van der Waals surface area (Å²) >= 11 is 0. The van der Waals surface area contributed by atoms with Crippen LogP contribution in [0.5, 0.6) is 0 Å². The Balaban J connectivity index is 2.76. The van der Waals surface area contributed by atoms with E-state index in [1.807, 2.05) is 13.8 Å². The van der Waals surface area contributed by atoms with Gasteiger partial charge in [0.05, 0.1) is 6.42 Å². The molecule has 0 amide bonds. The second-order valence-electron chi connectivity index (χ2n) is 4.09. The first kappa shape index (κ1) is 14.7. The molecule has 0 spiro atoms. The molecule has 1 unspecified atom stereocenters. The average Bonchev–Trinajstić information content (AvgIpc) is 2.28. The number of benzene rings is 1. The molecule has 6 heteroatoms. The summed E-state index contributed by atoms with van der Waals surface area (Å²) in [5.41, 5.74) is 6.48. The van der Waals surface area contributed by atoms with Crippen LogP contribution in [-0.4, -0.2) is 20.4 Å². The SMILES string of the molecule is CCC(N)CC(=O)OS(=O)(=O)c1ccc(C)cc1. The van der Waals surface area contributed by atoms with Gasteiger partial charge in [-0.25, -0.2) is 0 Å². The molecule has 0 radical (unpaired) electrons. The molecule has 0 saturated heterocycles. The van der Waals surface area contributed by atoms with E-state index in [1.165, 1.54) is 12.1 Å². The summed E-state index contributed by atoms with van der Waals surface area (Å²) in [5, 5.41) is 0. The van der Waals surface area contributed by atoms with E-state index in [9.17, 15) is 13.2 Å². The van der Waals surface area contributed by atoms with Crippen molar-refractivity contribution >= 4 is 16.1 Å². The van der Waals surface area contributed by atoms with Crippen LogP contribution in [0, 0.1) is 6.92 Å². The Morgan fingerprint density at radius 3 is 2.39 bits per heavy atom. The Kier molecular flexibility index (Phi) is 4.86. The van der Waals surface area contributed by atoms with E-state index >= 15 is 0 Å². The molecule has 0 aromatic heterocycles. The van der Waals surface area contributed by atoms with Crippen LogP contribution in [0.15, 0.2) is 29.2 Å². The summed E-state index contributed by atoms with van der Waals surface area (Å²) in [5.74, 6) is -0.829. The highest BCUT2D eigenvalue weighted by atomic mass is 32.2. The van der Waals surface area contributed by atoms with Gasteiger partial charge in [-0.15, -0.1) is 0 Å². The van der Waals surface area contributed by atoms with E-state index in [-0.39, 0.29) is 17.4 Å². The Bertz CT molecular complexity index is 507. The Morgan fingerprint density at radius 2 is 1.89 bits per heavy atom. The molecule has 1 atom stereocenters. The minimum absolute atomic E-state index is 0.0356. The van der Waals surface area contributed by atoms with Crippen molar-refractivity contribution in [2.24, 2.45) is 5.73 Å². The van der Waals surface area contributed by atoms with Crippen LogP contribution in [0.3, 0.4) is 0 Å². The van der Waals surface area contributed by atoms with Crippen LogP contribution in [0.1, 0.15) is 25.3 Å². The van der Waals surface area contributed by atoms with Crippen molar-refractivity contribution in [3.63, 3.8) is 0 Å². The molecule has 100 valence electrons. The molecule has 0 aliphatic carbocycles. The molecule has 0 saturated carbocycles. The highest BCUT2D eigenvalue weighted by Crippen LogP contribution is 2.14. The third kappa shape index (κ3) is 4.12. The topological polar surface area (TPSA) is 86.5 Å². The van der Waals surface area contributed by atoms with Crippen LogP contribution in [-0.2, 0) is 19.1 Å². The van der Waals surface area contributed by atoms with Gasteiger partial charge in [-0.3, -0.25) is 4.79 Å². The molecule has 2 N–H and O–H groups in total. The van der Waals surface area contributed by atoms with Gasteiger partial charge >= 0.3 is 16.1 Å². The second kappa shape index (κ2) is 5.97. The zero-order valence-corrected chi connectivity index (χ0v) is 11.2. The van der Waals surface area contributed by atoms with Gasteiger partial charge in [-0.2, -0.15) is 8.42 Å². The van der Waals surface area contributed by atoms with E-state index in [2.05, 4.69) is 4.18 Å². The van der Waals surface area contributed by atoms with Crippen molar-refractivity contribution in [3.8, 4) is 0 Å². The second-order valence-corrected chi connectivity index (χ2v) is 5.64. The zero-order valence-electron chi connectivity index (χ0n) is 10.4. The molecule has 0 heterocycles. The first-order valence-electron chi connectivity index (χ1n) is 5.64. The van der Waals surface area contributed by atoms with Crippen molar-refractivity contribution in [3.05, 3.63) is 29.8 Å². The van der Waals surface area contributed by atoms with Gasteiger partial charge in [0.1, 0.15) is 4.90 Å². The zero-order chi connectivity index (χ0) is 13.8. The Hall–Kier alpha value is -1.40. The molecular weight excluding hydrogens is 254 g/mol. The highest BCUT2D eigenvalue weighted by Gasteiger charge is 2.21. The summed E-state index contributed by atoms with van der Waals surface area (Å²) in [4.78, 5) is 11.4. The first-order valence-corrected chi connectivity index (χ1v) is 7.05. The number of nitrogens with two attached hydrogens (primary N) is 1. The van der Waals surface area contributed by atoms with Gasteiger partial charge in [-0.05, 0) is 25.5 Å². The van der Waals surface area contributed by atoms with E-state index < -0.39 is 16.1 Å². The molecule has 1 rings (SSSR count). The lowest BCUT2D eigenvalue weighted by molar-refractivity contribution is -0.134. The van der Waals surface area contributed by atoms with Gasteiger partial charge < -0.3 is 9.92 Å². The summed E-state index contributed by atoms with van der Waals surface area (Å²) in [6.45, 7) is 3.65. The van der Waals surface area contributed by atoms with E-state index in [4.69, 9.17) is 5.73 Å². The maximum Gasteiger partial charge on any atom is 0.341 e. The highest BCUT2D eigenvalue weighted by molar-refractivity contribution is 7.87. The van der Waals surface area contributed by atoms with Gasteiger partial charge in [0.2, 0.25) is 0 Å². The molecule has 5 nitrogen and oxygen atoms in total. The largest absolute Gasteiger partial charge is 0.342 e. The molecule has 1 aromatic carbocycles. The van der Waals surface area contributed by atoms with E-state index in [1.54, 1.807) is 12.1 Å². The lowest BCUT2D eigenvalue weighted by Gasteiger charge is -2.09. The summed E-state index contributed by atoms with van der Waals surface area (Å²) < 4.78 is 28.0. The average molecular weight is 271 g/mol. The fourth-order valence-corrected chi connectivity index (χ4v) is 2.15. The number of carbonyl (C=O) groups is 1. The van der Waals surface area contributed by atoms with Crippen LogP contribution >= 0.6 is 0 Å². The van der Waals surface area contributed by atoms with Gasteiger partial charge in [-0.1, -0.05) is 24.6 Å². The van der Waals surface area contributed by atoms with Gasteiger partial charge in [0.15, 0.2) is 0 Å². The molecule has 18 heavy (non-hydrogen) atoms. The van der Waals surface area contributed by atoms with Crippen molar-refractivity contribution in [2.75, 3.05) is 0 Å². The van der Waals surface area contributed by atoms with Crippen molar-refractivity contribution in [2.45, 2.75) is 37.6 Å². The third-order valence-electron chi connectivity index (χ3n) is 2.47. The van der Waals surface area contributed by atoms with E-state index in [0.29, 0.717) is 6.42 Å². The maximum absolute atomic E-state index is 11.7. The van der Waals surface area contributed by atoms with Gasteiger partial charge in [0, 0.05) is 6.04 Å². The lowest BCUT2D eigenvalue weighted by Crippen LogP contribution is -2.25. The lowest BCUT2D eigenvalue weighted by atomic mass is 10.2. The molecule has 0 bridgehead atoms. The summed E-state index contributed by atoms with van der Waals surface area (Å²) in [7, 11) is -4.04. The van der Waals surface area contributed by atoms with Crippen molar-refractivity contribution in [1.29, 1.82) is 0 Å². The third-order valence-corrected chi connectivity index (χ3v) is 3.72. The Labute approximate surface area is 107 Å². The number of rotatable bonds is 5.